The van der Waals surface area contributed by atoms with Gasteiger partial charge in [0.05, 0.1) is 17.1 Å². The average Bonchev–Trinajstić information content (AvgIpc) is 2.75. The van der Waals surface area contributed by atoms with Crippen LogP contribution in [0.15, 0.2) is 14.7 Å². The molecule has 0 aliphatic rings. The summed E-state index contributed by atoms with van der Waals surface area (Å²) in [5.74, 6) is 0.842. The number of nitrogens with zero attached hydrogens (tertiary/aromatic N) is 3. The zero-order chi connectivity index (χ0) is 13.3. The fourth-order valence-corrected chi connectivity index (χ4v) is 2.62. The third-order valence-corrected chi connectivity index (χ3v) is 3.73. The number of hydrogen-bond donors (Lipinski definition) is 1. The summed E-state index contributed by atoms with van der Waals surface area (Å²) in [5, 5.41) is 5.96. The maximum absolute atomic E-state index is 6.05. The van der Waals surface area contributed by atoms with Crippen molar-refractivity contribution in [3.63, 3.8) is 0 Å². The highest BCUT2D eigenvalue weighted by Crippen LogP contribution is 2.34. The van der Waals surface area contributed by atoms with Crippen LogP contribution >= 0.6 is 11.8 Å². The van der Waals surface area contributed by atoms with Crippen molar-refractivity contribution >= 4 is 17.4 Å². The van der Waals surface area contributed by atoms with Gasteiger partial charge in [0.15, 0.2) is 0 Å². The summed E-state index contributed by atoms with van der Waals surface area (Å²) in [4.78, 5) is 4.36. The van der Waals surface area contributed by atoms with Gasteiger partial charge in [0.2, 0.25) is 0 Å². The van der Waals surface area contributed by atoms with Crippen LogP contribution in [0.4, 0.5) is 5.69 Å². The van der Waals surface area contributed by atoms with Gasteiger partial charge in [-0.25, -0.2) is 4.98 Å². The Morgan fingerprint density at radius 2 is 2.00 bits per heavy atom. The maximum atomic E-state index is 6.05. The lowest BCUT2D eigenvalue weighted by molar-refractivity contribution is 0.429. The molecule has 2 rings (SSSR count). The predicted molar refractivity (Wildman–Crippen MR) is 71.8 cm³/mol. The Bertz CT molecular complexity index is 539. The molecule has 0 atom stereocenters. The Labute approximate surface area is 111 Å². The first kappa shape index (κ1) is 13.0. The molecule has 0 saturated heterocycles. The topological polar surface area (TPSA) is 69.9 Å². The summed E-state index contributed by atoms with van der Waals surface area (Å²) >= 11 is 1.43. The van der Waals surface area contributed by atoms with Crippen LogP contribution in [-0.2, 0) is 6.54 Å². The van der Waals surface area contributed by atoms with Crippen LogP contribution in [0.2, 0.25) is 0 Å². The summed E-state index contributed by atoms with van der Waals surface area (Å²) in [5.41, 5.74) is 8.53. The van der Waals surface area contributed by atoms with Crippen LogP contribution in [0, 0.1) is 20.8 Å². The lowest BCUT2D eigenvalue weighted by atomic mass is 10.4. The predicted octanol–water partition coefficient (Wildman–Crippen LogP) is 2.94. The van der Waals surface area contributed by atoms with Crippen LogP contribution < -0.4 is 5.73 Å². The highest BCUT2D eigenvalue weighted by atomic mass is 32.2. The second-order valence-corrected chi connectivity index (χ2v) is 5.19. The van der Waals surface area contributed by atoms with E-state index in [1.165, 1.54) is 11.8 Å². The molecule has 0 fully saturated rings. The van der Waals surface area contributed by atoms with Crippen molar-refractivity contribution in [3.05, 3.63) is 17.1 Å². The highest BCUT2D eigenvalue weighted by Gasteiger charge is 2.16. The Kier molecular flexibility index (Phi) is 3.65. The van der Waals surface area contributed by atoms with E-state index in [0.29, 0.717) is 10.9 Å². The van der Waals surface area contributed by atoms with E-state index in [-0.39, 0.29) is 0 Å². The molecule has 2 aromatic heterocycles. The Morgan fingerprint density at radius 1 is 1.28 bits per heavy atom. The van der Waals surface area contributed by atoms with Crippen LogP contribution in [0.3, 0.4) is 0 Å². The fraction of sp³-hybridized carbons (Fsp3) is 0.500. The number of aromatic nitrogens is 3. The maximum Gasteiger partial charge on any atom is 0.262 e. The van der Waals surface area contributed by atoms with Gasteiger partial charge in [-0.15, -0.1) is 0 Å². The largest absolute Gasteiger partial charge is 0.436 e. The molecule has 0 bridgehead atoms. The molecule has 0 saturated carbocycles. The van der Waals surface area contributed by atoms with Gasteiger partial charge in [0.25, 0.3) is 5.22 Å². The van der Waals surface area contributed by atoms with E-state index in [9.17, 15) is 0 Å². The summed E-state index contributed by atoms with van der Waals surface area (Å²) in [6.07, 6.45) is 1.01. The first-order valence-electron chi connectivity index (χ1n) is 5.97. The van der Waals surface area contributed by atoms with E-state index in [1.54, 1.807) is 0 Å². The molecule has 2 aromatic rings. The van der Waals surface area contributed by atoms with Gasteiger partial charge in [-0.05, 0) is 39.0 Å². The quantitative estimate of drug-likeness (QED) is 0.921. The van der Waals surface area contributed by atoms with Crippen LogP contribution in [0.5, 0.6) is 0 Å². The highest BCUT2D eigenvalue weighted by molar-refractivity contribution is 7.99. The Hall–Kier alpha value is -1.43. The second-order valence-electron chi connectivity index (χ2n) is 4.25. The summed E-state index contributed by atoms with van der Waals surface area (Å²) in [7, 11) is 0. The number of hydrogen-bond acceptors (Lipinski definition) is 5. The zero-order valence-electron chi connectivity index (χ0n) is 11.1. The van der Waals surface area contributed by atoms with Crippen molar-refractivity contribution in [1.29, 1.82) is 0 Å². The molecule has 5 nitrogen and oxygen atoms in total. The zero-order valence-corrected chi connectivity index (χ0v) is 12.0. The van der Waals surface area contributed by atoms with Crippen molar-refractivity contribution < 1.29 is 4.42 Å². The average molecular weight is 266 g/mol. The van der Waals surface area contributed by atoms with Crippen LogP contribution in [0.25, 0.3) is 0 Å². The molecule has 0 amide bonds. The first-order valence-corrected chi connectivity index (χ1v) is 6.79. The molecule has 0 radical (unpaired) electrons. The minimum Gasteiger partial charge on any atom is -0.436 e. The van der Waals surface area contributed by atoms with E-state index >= 15 is 0 Å². The fourth-order valence-electron chi connectivity index (χ4n) is 1.61. The Morgan fingerprint density at radius 3 is 2.56 bits per heavy atom. The molecule has 2 N–H and O–H groups in total. The molecule has 0 aliphatic heterocycles. The van der Waals surface area contributed by atoms with Crippen molar-refractivity contribution in [2.75, 3.05) is 5.73 Å². The number of anilines is 1. The molecular formula is C12H18N4OS. The minimum atomic E-state index is 0.619. The van der Waals surface area contributed by atoms with Gasteiger partial charge >= 0.3 is 0 Å². The third-order valence-electron chi connectivity index (χ3n) is 2.75. The molecule has 0 spiro atoms. The molecule has 6 heteroatoms. The van der Waals surface area contributed by atoms with Crippen molar-refractivity contribution in [3.8, 4) is 0 Å². The third kappa shape index (κ3) is 2.38. The molecule has 18 heavy (non-hydrogen) atoms. The van der Waals surface area contributed by atoms with E-state index < -0.39 is 0 Å². The summed E-state index contributed by atoms with van der Waals surface area (Å²) in [6, 6.07) is 0. The molecule has 0 aromatic carbocycles. The number of nitrogen functional groups attached to an aromatic ring is 1. The summed E-state index contributed by atoms with van der Waals surface area (Å²) < 4.78 is 7.49. The van der Waals surface area contributed by atoms with Gasteiger partial charge in [-0.1, -0.05) is 6.92 Å². The van der Waals surface area contributed by atoms with Gasteiger partial charge in [0, 0.05) is 6.54 Å². The van der Waals surface area contributed by atoms with Crippen LogP contribution in [0.1, 0.15) is 30.5 Å². The van der Waals surface area contributed by atoms with Crippen molar-refractivity contribution in [2.24, 2.45) is 0 Å². The van der Waals surface area contributed by atoms with Crippen molar-refractivity contribution in [1.82, 2.24) is 14.8 Å². The second kappa shape index (κ2) is 5.06. The molecule has 98 valence electrons. The van der Waals surface area contributed by atoms with E-state index in [4.69, 9.17) is 10.2 Å². The summed E-state index contributed by atoms with van der Waals surface area (Å²) in [6.45, 7) is 8.71. The number of rotatable bonds is 4. The van der Waals surface area contributed by atoms with Gasteiger partial charge in [0.1, 0.15) is 10.8 Å². The lowest BCUT2D eigenvalue weighted by Gasteiger charge is -2.03. The monoisotopic (exact) mass is 266 g/mol. The lowest BCUT2D eigenvalue weighted by Crippen LogP contribution is -2.01. The molecule has 0 aliphatic carbocycles. The standard InChI is InChI=1S/C12H18N4OS/c1-5-6-16-11(10(13)8(3)15-16)18-12-14-7(2)9(4)17-12/h5-6,13H2,1-4H3. The van der Waals surface area contributed by atoms with E-state index in [2.05, 4.69) is 17.0 Å². The van der Waals surface area contributed by atoms with Crippen molar-refractivity contribution in [2.45, 2.75) is 50.9 Å². The van der Waals surface area contributed by atoms with Crippen LogP contribution in [-0.4, -0.2) is 14.8 Å². The smallest absolute Gasteiger partial charge is 0.262 e. The van der Waals surface area contributed by atoms with Gasteiger partial charge < -0.3 is 10.2 Å². The first-order chi connectivity index (χ1) is 8.52. The van der Waals surface area contributed by atoms with E-state index in [1.807, 2.05) is 25.5 Å². The van der Waals surface area contributed by atoms with Gasteiger partial charge in [-0.2, -0.15) is 5.10 Å². The molecule has 2 heterocycles. The number of aryl methyl sites for hydroxylation is 4. The molecular weight excluding hydrogens is 248 g/mol. The SMILES string of the molecule is CCCn1nc(C)c(N)c1Sc1nc(C)c(C)o1. The minimum absolute atomic E-state index is 0.619. The number of oxazole rings is 1. The molecule has 0 unspecified atom stereocenters. The van der Waals surface area contributed by atoms with Gasteiger partial charge in [-0.3, -0.25) is 4.68 Å². The number of nitrogens with two attached hydrogens (primary N) is 1. The van der Waals surface area contributed by atoms with E-state index in [0.717, 1.165) is 35.1 Å². The Balaban J connectivity index is 2.32. The normalized spacial score (nSPS) is 11.1.